The molecule has 0 rings (SSSR count). The number of aliphatic hydroxyl groups is 1. The quantitative estimate of drug-likeness (QED) is 0.0366. The Labute approximate surface area is 469 Å². The van der Waals surface area contributed by atoms with Gasteiger partial charge in [-0.2, -0.15) is 11.8 Å². The molecule has 24 heteroatoms. The molecule has 0 spiro atoms. The fourth-order valence-corrected chi connectivity index (χ4v) is 7.73. The van der Waals surface area contributed by atoms with Gasteiger partial charge in [-0.25, -0.2) is 4.79 Å². The van der Waals surface area contributed by atoms with Crippen molar-refractivity contribution < 1.29 is 87.3 Å². The van der Waals surface area contributed by atoms with Crippen LogP contribution in [0, 0.1) is 11.8 Å². The van der Waals surface area contributed by atoms with Crippen LogP contribution >= 0.6 is 11.8 Å². The number of nitrogens with one attached hydrogen (secondary N) is 4. The molecule has 10 N–H and O–H groups in total. The van der Waals surface area contributed by atoms with Crippen LogP contribution in [0.5, 0.6) is 0 Å². The van der Waals surface area contributed by atoms with Gasteiger partial charge in [-0.3, -0.25) is 43.2 Å². The maximum atomic E-state index is 12.3. The second-order valence-corrected chi connectivity index (χ2v) is 19.1. The van der Waals surface area contributed by atoms with Crippen molar-refractivity contribution in [1.82, 2.24) is 21.3 Å². The Morgan fingerprint density at radius 3 is 1.46 bits per heavy atom. The van der Waals surface area contributed by atoms with E-state index in [-0.39, 0.29) is 186 Å². The number of aliphatic carboxylic acids is 3. The highest BCUT2D eigenvalue weighted by Crippen LogP contribution is 2.18. The van der Waals surface area contributed by atoms with E-state index >= 15 is 0 Å². The Kier molecular flexibility index (Phi) is 60.2. The zero-order valence-corrected chi connectivity index (χ0v) is 45.7. The Bertz CT molecular complexity index is 1630. The topological polar surface area (TPSA) is 363 Å². The molecule has 0 unspecified atom stereocenters. The Morgan fingerprint density at radius 2 is 1.00 bits per heavy atom. The summed E-state index contributed by atoms with van der Waals surface area (Å²) in [5, 5.41) is 46.8. The van der Waals surface area contributed by atoms with E-state index in [0.717, 1.165) is 57.8 Å². The summed E-state index contributed by atoms with van der Waals surface area (Å²) >= 11 is 1.24. The zero-order valence-electron chi connectivity index (χ0n) is 44.8. The standard InChI is InChI=1S/C47H82N4O17S.C4H9NO.3CH4/c1-2-36(40(54)30-37(31-52)46(61)62)34-69-35-44(58)49-22-21-48-42(56)32-68-29-27-66-25-23-50-43(57)33-67-28-26-65-24-15-16-38(53)19-20-39(47(63)64)51-41(55)17-13-11-9-7-5-3-4-6-8-10-12-14-18-45(59)60;1-3(5)4(2)6;;;/h36-37,39,52H,2-35H2,1H3,(H,48,56)(H,49,58)(H,50,57)(H,51,55)(H,59,60)(H,61,62)(H,63,64);3H,5H2,1-2H3;3*1H4/t36-,37-,39-;3-;;;/m00.../s1. The number of nitrogens with two attached hydrogens (primary N) is 1. The lowest BCUT2D eigenvalue weighted by molar-refractivity contribution is -0.145. The molecule has 0 aliphatic heterocycles. The minimum atomic E-state index is -1.23. The summed E-state index contributed by atoms with van der Waals surface area (Å²) in [7, 11) is 0. The summed E-state index contributed by atoms with van der Waals surface area (Å²) in [6, 6.07) is -1.41. The predicted molar refractivity (Wildman–Crippen MR) is 301 cm³/mol. The molecule has 0 aromatic rings. The maximum Gasteiger partial charge on any atom is 0.326 e. The molecule has 4 atom stereocenters. The van der Waals surface area contributed by atoms with Crippen molar-refractivity contribution in [2.75, 3.05) is 90.6 Å². The molecule has 0 saturated carbocycles. The maximum absolute atomic E-state index is 12.3. The highest BCUT2D eigenvalue weighted by Gasteiger charge is 2.25. The summed E-state index contributed by atoms with van der Waals surface area (Å²) < 4.78 is 21.4. The number of amides is 4. The van der Waals surface area contributed by atoms with Gasteiger partial charge in [0.15, 0.2) is 0 Å². The molecule has 0 aliphatic rings. The van der Waals surface area contributed by atoms with Crippen molar-refractivity contribution in [3.05, 3.63) is 0 Å². The number of carbonyl (C=O) groups is 10. The van der Waals surface area contributed by atoms with Gasteiger partial charge in [0.05, 0.1) is 57.4 Å². The first-order chi connectivity index (χ1) is 35.8. The first-order valence-corrected chi connectivity index (χ1v) is 27.6. The smallest absolute Gasteiger partial charge is 0.326 e. The molecular weight excluding hydrogens is 1040 g/mol. The monoisotopic (exact) mass is 1140 g/mol. The molecule has 0 heterocycles. The third kappa shape index (κ3) is 54.8. The van der Waals surface area contributed by atoms with Gasteiger partial charge >= 0.3 is 17.9 Å². The van der Waals surface area contributed by atoms with Gasteiger partial charge in [-0.1, -0.05) is 93.4 Å². The molecule has 78 heavy (non-hydrogen) atoms. The van der Waals surface area contributed by atoms with Crippen molar-refractivity contribution in [1.29, 1.82) is 0 Å². The number of carboxylic acids is 3. The lowest BCUT2D eigenvalue weighted by atomic mass is 9.94. The van der Waals surface area contributed by atoms with E-state index in [2.05, 4.69) is 21.3 Å². The minimum Gasteiger partial charge on any atom is -0.481 e. The number of thioether (sulfide) groups is 1. The van der Waals surface area contributed by atoms with Crippen LogP contribution in [0.25, 0.3) is 0 Å². The summed E-state index contributed by atoms with van der Waals surface area (Å²) in [4.78, 5) is 116. The van der Waals surface area contributed by atoms with Gasteiger partial charge < -0.3 is 66.4 Å². The zero-order chi connectivity index (χ0) is 56.5. The van der Waals surface area contributed by atoms with E-state index < -0.39 is 42.4 Å². The van der Waals surface area contributed by atoms with Crippen molar-refractivity contribution in [3.63, 3.8) is 0 Å². The average molecular weight is 1140 g/mol. The van der Waals surface area contributed by atoms with E-state index in [4.69, 9.17) is 40.0 Å². The van der Waals surface area contributed by atoms with E-state index in [9.17, 15) is 53.1 Å². The van der Waals surface area contributed by atoms with Crippen molar-refractivity contribution >= 4 is 70.6 Å². The number of hydrogen-bond acceptors (Lipinski definition) is 17. The van der Waals surface area contributed by atoms with E-state index in [1.165, 1.54) is 31.5 Å². The minimum absolute atomic E-state index is 0. The fourth-order valence-electron chi connectivity index (χ4n) is 6.62. The van der Waals surface area contributed by atoms with E-state index in [0.29, 0.717) is 25.0 Å². The SMILES string of the molecule is C.C.C.CC(=O)[C@H](C)N.CC[C@@H](CSCC(=O)NCCNC(=O)COCCOCCNC(=O)COCCOCCCC(=O)CC[C@H](NC(=O)CCCCCCCCCCCCCCC(=O)O)C(=O)O)C(=O)C[C@@H](CO)C(=O)O. The van der Waals surface area contributed by atoms with Gasteiger partial charge in [0.25, 0.3) is 0 Å². The molecular formula is C54H103N5O18S. The first kappa shape index (κ1) is 82.2. The van der Waals surface area contributed by atoms with E-state index in [1.54, 1.807) is 13.8 Å². The molecule has 4 amide bonds. The van der Waals surface area contributed by atoms with E-state index in [1.807, 2.05) is 0 Å². The molecule has 23 nitrogen and oxygen atoms in total. The molecule has 458 valence electrons. The van der Waals surface area contributed by atoms with Crippen LogP contribution in [-0.2, 0) is 66.9 Å². The van der Waals surface area contributed by atoms with Crippen LogP contribution in [0.3, 0.4) is 0 Å². The van der Waals surface area contributed by atoms with Crippen molar-refractivity contribution in [3.8, 4) is 0 Å². The van der Waals surface area contributed by atoms with Gasteiger partial charge in [-0.05, 0) is 46.0 Å². The van der Waals surface area contributed by atoms with Gasteiger partial charge in [0.2, 0.25) is 23.6 Å². The predicted octanol–water partition coefficient (Wildman–Crippen LogP) is 4.89. The van der Waals surface area contributed by atoms with Gasteiger partial charge in [0, 0.05) is 70.0 Å². The molecule has 0 radical (unpaired) electrons. The van der Waals surface area contributed by atoms with Crippen molar-refractivity contribution in [2.24, 2.45) is 17.6 Å². The average Bonchev–Trinajstić information content (AvgIpc) is 3.36. The third-order valence-electron chi connectivity index (χ3n) is 11.3. The molecule has 0 fully saturated rings. The van der Waals surface area contributed by atoms with Crippen LogP contribution in [0.4, 0.5) is 0 Å². The summed E-state index contributed by atoms with van der Waals surface area (Å²) in [6.07, 6.45) is 13.6. The Hall–Kier alpha value is -4.59. The third-order valence-corrected chi connectivity index (χ3v) is 12.4. The number of carbonyl (C=O) groups excluding carboxylic acids is 7. The number of ether oxygens (including phenoxy) is 4. The number of aliphatic hydroxyl groups excluding tert-OH is 1. The summed E-state index contributed by atoms with van der Waals surface area (Å²) in [5.41, 5.74) is 5.09. The normalized spacial score (nSPS) is 12.0. The second-order valence-electron chi connectivity index (χ2n) is 18.1. The van der Waals surface area contributed by atoms with Gasteiger partial charge in [-0.15, -0.1) is 0 Å². The number of ketones is 3. The number of unbranched alkanes of at least 4 members (excludes halogenated alkanes) is 11. The number of Topliss-reactive ketones (excluding diaryl/α,β-unsaturated/α-hetero) is 3. The summed E-state index contributed by atoms with van der Waals surface area (Å²) in [6.45, 7) is 5.74. The fraction of sp³-hybridized carbons (Fsp3) is 0.815. The van der Waals surface area contributed by atoms with Gasteiger partial charge in [0.1, 0.15) is 36.6 Å². The molecule has 0 saturated heterocycles. The molecule has 0 bridgehead atoms. The van der Waals surface area contributed by atoms with Crippen LogP contribution in [0.2, 0.25) is 0 Å². The van der Waals surface area contributed by atoms with Crippen LogP contribution in [0.1, 0.15) is 171 Å². The Balaban J connectivity index is -0.00000186. The second kappa shape index (κ2) is 57.1. The van der Waals surface area contributed by atoms with Crippen LogP contribution in [-0.4, -0.2) is 182 Å². The highest BCUT2D eigenvalue weighted by molar-refractivity contribution is 7.99. The molecule has 0 aromatic carbocycles. The van der Waals surface area contributed by atoms with Crippen LogP contribution in [0.15, 0.2) is 0 Å². The highest BCUT2D eigenvalue weighted by atomic mass is 32.2. The molecule has 0 aromatic heterocycles. The molecule has 0 aliphatic carbocycles. The number of hydrogen-bond donors (Lipinski definition) is 9. The number of carboxylic acid groups (broad SMARTS) is 3. The van der Waals surface area contributed by atoms with Crippen molar-refractivity contribution in [2.45, 2.75) is 184 Å². The lowest BCUT2D eigenvalue weighted by Crippen LogP contribution is -2.41. The number of rotatable bonds is 51. The first-order valence-electron chi connectivity index (χ1n) is 26.4. The largest absolute Gasteiger partial charge is 0.481 e. The Morgan fingerprint density at radius 1 is 0.538 bits per heavy atom. The summed E-state index contributed by atoms with van der Waals surface area (Å²) in [5.74, 6) is -5.95. The lowest BCUT2D eigenvalue weighted by Gasteiger charge is -2.15. The van der Waals surface area contributed by atoms with Crippen LogP contribution < -0.4 is 27.0 Å².